The maximum absolute atomic E-state index is 12.1. The Morgan fingerprint density at radius 3 is 2.91 bits per heavy atom. The number of aromatic amines is 1. The van der Waals surface area contributed by atoms with Crippen LogP contribution in [0.5, 0.6) is 0 Å². The second-order valence-electron chi connectivity index (χ2n) is 4.99. The van der Waals surface area contributed by atoms with Crippen LogP contribution in [0.2, 0.25) is 0 Å². The van der Waals surface area contributed by atoms with Gasteiger partial charge in [0.1, 0.15) is 11.6 Å². The van der Waals surface area contributed by atoms with Crippen LogP contribution < -0.4 is 5.56 Å². The Morgan fingerprint density at radius 1 is 1.23 bits per heavy atom. The first-order chi connectivity index (χ1) is 10.7. The summed E-state index contributed by atoms with van der Waals surface area (Å²) in [6.07, 6.45) is 3.15. The second kappa shape index (κ2) is 4.30. The topological polar surface area (TPSA) is 91.8 Å². The number of benzene rings is 1. The molecule has 7 heteroatoms. The fraction of sp³-hybridized carbons (Fsp3) is 0.0667. The van der Waals surface area contributed by atoms with E-state index in [0.717, 1.165) is 16.5 Å². The van der Waals surface area contributed by atoms with Crippen LogP contribution in [-0.4, -0.2) is 24.4 Å². The van der Waals surface area contributed by atoms with Gasteiger partial charge in [0.25, 0.3) is 5.56 Å². The van der Waals surface area contributed by atoms with Gasteiger partial charge >= 0.3 is 0 Å². The number of fused-ring (bicyclic) bond motifs is 2. The van der Waals surface area contributed by atoms with E-state index < -0.39 is 0 Å². The molecule has 4 aromatic rings. The minimum absolute atomic E-state index is 0.281. The molecule has 0 bridgehead atoms. The highest BCUT2D eigenvalue weighted by Crippen LogP contribution is 2.22. The second-order valence-corrected chi connectivity index (χ2v) is 4.99. The first-order valence-corrected chi connectivity index (χ1v) is 6.60. The zero-order valence-corrected chi connectivity index (χ0v) is 11.6. The van der Waals surface area contributed by atoms with Gasteiger partial charge in [0.05, 0.1) is 23.6 Å². The van der Waals surface area contributed by atoms with Crippen LogP contribution in [0.25, 0.3) is 27.8 Å². The lowest BCUT2D eigenvalue weighted by molar-refractivity contribution is 0.797. The van der Waals surface area contributed by atoms with E-state index in [1.807, 2.05) is 31.3 Å². The van der Waals surface area contributed by atoms with Gasteiger partial charge in [-0.05, 0) is 17.7 Å². The Bertz CT molecular complexity index is 1120. The highest BCUT2D eigenvalue weighted by Gasteiger charge is 2.10. The number of rotatable bonds is 1. The number of aryl methyl sites for hydroxylation is 1. The van der Waals surface area contributed by atoms with E-state index in [4.69, 9.17) is 5.26 Å². The predicted octanol–water partition coefficient (Wildman–Crippen LogP) is 1.45. The molecular weight excluding hydrogens is 280 g/mol. The van der Waals surface area contributed by atoms with Crippen molar-refractivity contribution in [3.63, 3.8) is 0 Å². The lowest BCUT2D eigenvalue weighted by Crippen LogP contribution is -2.14. The normalized spacial score (nSPS) is 11.1. The molecule has 0 unspecified atom stereocenters. The molecular formula is C15H10N6O. The summed E-state index contributed by atoms with van der Waals surface area (Å²) in [6, 6.07) is 9.30. The minimum atomic E-state index is -0.281. The highest BCUT2D eigenvalue weighted by atomic mass is 16.1. The molecule has 0 fully saturated rings. The van der Waals surface area contributed by atoms with Gasteiger partial charge in [-0.3, -0.25) is 9.48 Å². The average Bonchev–Trinajstić information content (AvgIpc) is 3.11. The SMILES string of the molecule is Cn1ncc2cc(-c3cc(=O)n4ncc(C#N)c4[nH]3)ccc21. The van der Waals surface area contributed by atoms with Gasteiger partial charge in [0, 0.05) is 18.5 Å². The van der Waals surface area contributed by atoms with Crippen LogP contribution in [0, 0.1) is 11.3 Å². The van der Waals surface area contributed by atoms with Crippen LogP contribution >= 0.6 is 0 Å². The van der Waals surface area contributed by atoms with Crippen molar-refractivity contribution in [1.29, 1.82) is 5.26 Å². The molecule has 7 nitrogen and oxygen atoms in total. The Hall–Kier alpha value is -3.40. The number of aromatic nitrogens is 5. The molecule has 0 radical (unpaired) electrons. The summed E-state index contributed by atoms with van der Waals surface area (Å²) in [7, 11) is 1.88. The van der Waals surface area contributed by atoms with E-state index in [1.54, 1.807) is 10.9 Å². The maximum atomic E-state index is 12.1. The summed E-state index contributed by atoms with van der Waals surface area (Å²) < 4.78 is 2.97. The third kappa shape index (κ3) is 1.64. The van der Waals surface area contributed by atoms with E-state index in [-0.39, 0.29) is 5.56 Å². The van der Waals surface area contributed by atoms with Gasteiger partial charge in [-0.2, -0.15) is 20.0 Å². The number of H-pyrrole nitrogens is 1. The van der Waals surface area contributed by atoms with Gasteiger partial charge in [-0.15, -0.1) is 0 Å². The van der Waals surface area contributed by atoms with E-state index in [2.05, 4.69) is 15.2 Å². The molecule has 1 N–H and O–H groups in total. The molecule has 0 aliphatic heterocycles. The Labute approximate surface area is 124 Å². The van der Waals surface area contributed by atoms with Crippen molar-refractivity contribution >= 4 is 16.6 Å². The van der Waals surface area contributed by atoms with Gasteiger partial charge < -0.3 is 4.98 Å². The van der Waals surface area contributed by atoms with E-state index >= 15 is 0 Å². The first-order valence-electron chi connectivity index (χ1n) is 6.60. The zero-order valence-electron chi connectivity index (χ0n) is 11.6. The smallest absolute Gasteiger partial charge is 0.274 e. The Kier molecular flexibility index (Phi) is 2.41. The van der Waals surface area contributed by atoms with Gasteiger partial charge in [0.15, 0.2) is 5.65 Å². The lowest BCUT2D eigenvalue weighted by atomic mass is 10.1. The number of hydrogen-bond donors (Lipinski definition) is 1. The summed E-state index contributed by atoms with van der Waals surface area (Å²) in [5, 5.41) is 18.2. The molecule has 106 valence electrons. The van der Waals surface area contributed by atoms with Crippen LogP contribution in [0.3, 0.4) is 0 Å². The summed E-state index contributed by atoms with van der Waals surface area (Å²) in [6.45, 7) is 0. The summed E-state index contributed by atoms with van der Waals surface area (Å²) >= 11 is 0. The fourth-order valence-corrected chi connectivity index (χ4v) is 2.55. The van der Waals surface area contributed by atoms with Gasteiger partial charge in [-0.1, -0.05) is 6.07 Å². The Morgan fingerprint density at radius 2 is 2.09 bits per heavy atom. The van der Waals surface area contributed by atoms with Crippen LogP contribution in [-0.2, 0) is 7.05 Å². The standard InChI is InChI=1S/C15H10N6O/c1-20-13-3-2-9(4-10(13)7-17-20)12-5-14(22)21-15(19-12)11(6-16)8-18-21/h2-5,7-8,19H,1H3. The van der Waals surface area contributed by atoms with Crippen molar-refractivity contribution in [1.82, 2.24) is 24.4 Å². The number of nitrogens with zero attached hydrogens (tertiary/aromatic N) is 5. The third-order valence-corrected chi connectivity index (χ3v) is 3.68. The van der Waals surface area contributed by atoms with E-state index in [9.17, 15) is 4.79 Å². The van der Waals surface area contributed by atoms with Gasteiger partial charge in [0.2, 0.25) is 0 Å². The maximum Gasteiger partial charge on any atom is 0.274 e. The van der Waals surface area contributed by atoms with Crippen molar-refractivity contribution < 1.29 is 0 Å². The molecule has 0 spiro atoms. The van der Waals surface area contributed by atoms with Crippen molar-refractivity contribution in [2.24, 2.45) is 7.05 Å². The van der Waals surface area contributed by atoms with Crippen molar-refractivity contribution in [2.75, 3.05) is 0 Å². The Balaban J connectivity index is 1.99. The molecule has 22 heavy (non-hydrogen) atoms. The molecule has 0 saturated carbocycles. The molecule has 0 atom stereocenters. The quantitative estimate of drug-likeness (QED) is 0.574. The average molecular weight is 290 g/mol. The highest BCUT2D eigenvalue weighted by molar-refractivity contribution is 5.84. The van der Waals surface area contributed by atoms with Crippen molar-refractivity contribution in [3.8, 4) is 17.3 Å². The summed E-state index contributed by atoms with van der Waals surface area (Å²) in [4.78, 5) is 15.2. The van der Waals surface area contributed by atoms with Crippen LogP contribution in [0.1, 0.15) is 5.56 Å². The minimum Gasteiger partial charge on any atom is -0.338 e. The number of nitriles is 1. The molecule has 0 aliphatic carbocycles. The lowest BCUT2D eigenvalue weighted by Gasteiger charge is -2.04. The largest absolute Gasteiger partial charge is 0.338 e. The predicted molar refractivity (Wildman–Crippen MR) is 80.2 cm³/mol. The molecule has 1 aromatic carbocycles. The molecule has 0 aliphatic rings. The summed E-state index contributed by atoms with van der Waals surface area (Å²) in [5.41, 5.74) is 2.95. The van der Waals surface area contributed by atoms with E-state index in [0.29, 0.717) is 16.9 Å². The number of hydrogen-bond acceptors (Lipinski definition) is 4. The fourth-order valence-electron chi connectivity index (χ4n) is 2.55. The first kappa shape index (κ1) is 12.3. The monoisotopic (exact) mass is 290 g/mol. The van der Waals surface area contributed by atoms with Crippen LogP contribution in [0.15, 0.2) is 41.5 Å². The van der Waals surface area contributed by atoms with Crippen molar-refractivity contribution in [2.45, 2.75) is 0 Å². The molecule has 3 heterocycles. The third-order valence-electron chi connectivity index (χ3n) is 3.68. The van der Waals surface area contributed by atoms with Crippen molar-refractivity contribution in [3.05, 3.63) is 52.6 Å². The number of nitrogens with one attached hydrogen (secondary N) is 1. The summed E-state index contributed by atoms with van der Waals surface area (Å²) in [5.74, 6) is 0. The van der Waals surface area contributed by atoms with E-state index in [1.165, 1.54) is 16.8 Å². The molecule has 0 saturated heterocycles. The molecule has 3 aromatic heterocycles. The van der Waals surface area contributed by atoms with Crippen LogP contribution in [0.4, 0.5) is 0 Å². The molecule has 4 rings (SSSR count). The van der Waals surface area contributed by atoms with Gasteiger partial charge in [-0.25, -0.2) is 0 Å². The molecule has 0 amide bonds. The zero-order chi connectivity index (χ0) is 15.3.